The SMILES string of the molecule is CCC(CC)(c1ccc(CCC(O[Si](C)(C)C(C)(C)C)C(C)(C)C)c(C)c1)c1ccc(B(O)O)c(C)c1.CCC(CC)(c1ccc(CCC(O[Si](C)(C)C(C)(C)C)C(C)(C)C)c(C)c1)c1ccc(B2OC(C)(C)C(C)(C)O2)c(C)c1. The Kier molecular flexibility index (Phi) is 22.5. The fourth-order valence-electron chi connectivity index (χ4n) is 11.5. The summed E-state index contributed by atoms with van der Waals surface area (Å²) in [4.78, 5) is 0. The van der Waals surface area contributed by atoms with E-state index in [0.717, 1.165) is 62.4 Å². The summed E-state index contributed by atoms with van der Waals surface area (Å²) < 4.78 is 26.7. The number of benzene rings is 4. The van der Waals surface area contributed by atoms with Crippen molar-refractivity contribution in [2.75, 3.05) is 0 Å². The molecule has 0 spiro atoms. The molecular weight excluding hydrogens is 1010 g/mol. The molecule has 0 radical (unpaired) electrons. The molecule has 0 bridgehead atoms. The molecule has 2 atom stereocenters. The zero-order valence-electron chi connectivity index (χ0n) is 56.4. The van der Waals surface area contributed by atoms with Gasteiger partial charge in [-0.25, -0.2) is 0 Å². The molecule has 1 fully saturated rings. The summed E-state index contributed by atoms with van der Waals surface area (Å²) in [5, 5.41) is 19.8. The van der Waals surface area contributed by atoms with E-state index < -0.39 is 23.8 Å². The van der Waals surface area contributed by atoms with Crippen molar-refractivity contribution in [3.63, 3.8) is 0 Å². The lowest BCUT2D eigenvalue weighted by Crippen LogP contribution is -2.47. The summed E-state index contributed by atoms with van der Waals surface area (Å²) in [6.45, 7) is 63.7. The second-order valence-corrected chi connectivity index (χ2v) is 40.0. The van der Waals surface area contributed by atoms with Crippen LogP contribution in [0.5, 0.6) is 0 Å². The summed E-state index contributed by atoms with van der Waals surface area (Å²) >= 11 is 0. The van der Waals surface area contributed by atoms with Gasteiger partial charge in [-0.1, -0.05) is 195 Å². The Hall–Kier alpha value is -2.80. The van der Waals surface area contributed by atoms with E-state index >= 15 is 0 Å². The van der Waals surface area contributed by atoms with Crippen LogP contribution in [-0.4, -0.2) is 64.3 Å². The van der Waals surface area contributed by atoms with Crippen LogP contribution in [0.1, 0.15) is 233 Å². The van der Waals surface area contributed by atoms with Crippen LogP contribution in [-0.2, 0) is 41.8 Å². The molecule has 1 aliphatic heterocycles. The minimum Gasteiger partial charge on any atom is -0.423 e. The third-order valence-corrected chi connectivity index (χ3v) is 29.4. The van der Waals surface area contributed by atoms with Crippen LogP contribution in [0.15, 0.2) is 72.8 Å². The number of hydrogen-bond acceptors (Lipinski definition) is 6. The first-order chi connectivity index (χ1) is 36.4. The first-order valence-electron chi connectivity index (χ1n) is 30.9. The Morgan fingerprint density at radius 1 is 0.487 bits per heavy atom. The summed E-state index contributed by atoms with van der Waals surface area (Å²) in [6, 6.07) is 27.3. The smallest absolute Gasteiger partial charge is 0.423 e. The Morgan fingerprint density at radius 3 is 1.07 bits per heavy atom. The summed E-state index contributed by atoms with van der Waals surface area (Å²) in [7, 11) is -5.49. The lowest BCUT2D eigenvalue weighted by Gasteiger charge is -2.43. The predicted octanol–water partition coefficient (Wildman–Crippen LogP) is 17.5. The molecule has 0 aromatic heterocycles. The fourth-order valence-corrected chi connectivity index (χ4v) is 14.5. The number of hydrogen-bond donors (Lipinski definition) is 2. The summed E-state index contributed by atoms with van der Waals surface area (Å²) in [5.74, 6) is 0. The van der Waals surface area contributed by atoms with Crippen LogP contribution in [0.2, 0.25) is 36.3 Å². The van der Waals surface area contributed by atoms with Crippen molar-refractivity contribution in [2.24, 2.45) is 10.8 Å². The van der Waals surface area contributed by atoms with Gasteiger partial charge in [-0.05, 0) is 209 Å². The third-order valence-electron chi connectivity index (χ3n) is 20.4. The van der Waals surface area contributed by atoms with Crippen molar-refractivity contribution in [2.45, 2.75) is 288 Å². The van der Waals surface area contributed by atoms with Crippen LogP contribution in [0.4, 0.5) is 0 Å². The molecule has 1 saturated heterocycles. The van der Waals surface area contributed by atoms with Gasteiger partial charge < -0.3 is 28.2 Å². The maximum absolute atomic E-state index is 9.69. The van der Waals surface area contributed by atoms with E-state index in [1.165, 1.54) is 50.1 Å². The van der Waals surface area contributed by atoms with Gasteiger partial charge in [-0.2, -0.15) is 0 Å². The highest BCUT2D eigenvalue weighted by Gasteiger charge is 2.52. The molecule has 1 heterocycles. The molecule has 1 aliphatic rings. The average Bonchev–Trinajstić information content (AvgIpc) is 3.54. The topological polar surface area (TPSA) is 77.4 Å². The molecule has 80 heavy (non-hydrogen) atoms. The first-order valence-corrected chi connectivity index (χ1v) is 36.7. The molecule has 4 aromatic rings. The van der Waals surface area contributed by atoms with Crippen LogP contribution >= 0.6 is 0 Å². The molecule has 6 nitrogen and oxygen atoms in total. The van der Waals surface area contributed by atoms with E-state index in [2.05, 4.69) is 252 Å². The van der Waals surface area contributed by atoms with Gasteiger partial charge in [0.2, 0.25) is 0 Å². The van der Waals surface area contributed by atoms with Crippen LogP contribution in [0, 0.1) is 38.5 Å². The molecule has 0 aliphatic carbocycles. The van der Waals surface area contributed by atoms with Gasteiger partial charge >= 0.3 is 14.2 Å². The van der Waals surface area contributed by atoms with Crippen molar-refractivity contribution in [1.82, 2.24) is 0 Å². The zero-order valence-corrected chi connectivity index (χ0v) is 58.4. The van der Waals surface area contributed by atoms with Crippen LogP contribution < -0.4 is 10.9 Å². The predicted molar refractivity (Wildman–Crippen MR) is 353 cm³/mol. The lowest BCUT2D eigenvalue weighted by atomic mass is 9.67. The molecule has 2 unspecified atom stereocenters. The Bertz CT molecular complexity index is 2650. The molecule has 5 rings (SSSR count). The largest absolute Gasteiger partial charge is 0.495 e. The van der Waals surface area contributed by atoms with Gasteiger partial charge in [-0.3, -0.25) is 0 Å². The molecule has 0 saturated carbocycles. The van der Waals surface area contributed by atoms with Gasteiger partial charge in [0, 0.05) is 10.8 Å². The first kappa shape index (κ1) is 69.7. The maximum atomic E-state index is 9.69. The maximum Gasteiger partial charge on any atom is 0.495 e. The van der Waals surface area contributed by atoms with Gasteiger partial charge in [0.15, 0.2) is 16.6 Å². The normalized spacial score (nSPS) is 16.4. The highest BCUT2D eigenvalue weighted by molar-refractivity contribution is 6.74. The minimum atomic E-state index is -1.86. The Morgan fingerprint density at radius 2 is 0.800 bits per heavy atom. The minimum absolute atomic E-state index is 0.0398. The standard InChI is InChI=1S/C38H63BO3Si.C32H53BO3Si/c1-17-38(18-2,31-22-23-32(28(4)26-31)39-41-36(11,12)37(13,14)42-39)30-21-19-29(27(3)25-30)20-24-33(34(5,6)7)40-43(15,16)35(8,9)10;1-13-32(14-2,27-18-19-28(33(34)35)24(4)22-27)26-17-15-25(23(3)21-26)16-20-29(30(5,6)7)36-37(11,12)31(8,9)10/h19,21-23,25-26,33H,17-18,20,24H2,1-16H3;15,17-19,21-22,29,34-35H,13-14,16,20H2,1-12H3. The monoisotopic (exact) mass is 1130 g/mol. The van der Waals surface area contributed by atoms with Crippen molar-refractivity contribution in [3.05, 3.63) is 128 Å². The molecule has 2 N–H and O–H groups in total. The number of aryl methyl sites for hydroxylation is 6. The second-order valence-electron chi connectivity index (χ2n) is 30.5. The molecule has 4 aromatic carbocycles. The fraction of sp³-hybridized carbons (Fsp3) is 0.657. The van der Waals surface area contributed by atoms with Crippen molar-refractivity contribution in [1.29, 1.82) is 0 Å². The lowest BCUT2D eigenvalue weighted by molar-refractivity contribution is 0.00578. The van der Waals surface area contributed by atoms with E-state index in [1.807, 2.05) is 13.0 Å². The summed E-state index contributed by atoms with van der Waals surface area (Å²) in [6.07, 6.45) is 8.63. The van der Waals surface area contributed by atoms with E-state index in [1.54, 1.807) is 0 Å². The van der Waals surface area contributed by atoms with E-state index in [9.17, 15) is 10.0 Å². The Labute approximate surface area is 494 Å². The van der Waals surface area contributed by atoms with Gasteiger partial charge in [0.05, 0.1) is 23.4 Å². The van der Waals surface area contributed by atoms with Crippen molar-refractivity contribution < 1.29 is 28.2 Å². The second kappa shape index (κ2) is 25.8. The molecular formula is C70H116B2O6Si2. The average molecular weight is 1130 g/mol. The zero-order chi connectivity index (χ0) is 61.2. The Balaban J connectivity index is 0.000000349. The van der Waals surface area contributed by atoms with E-state index in [-0.39, 0.29) is 62.3 Å². The van der Waals surface area contributed by atoms with E-state index in [0.29, 0.717) is 5.46 Å². The van der Waals surface area contributed by atoms with Crippen molar-refractivity contribution in [3.8, 4) is 0 Å². The van der Waals surface area contributed by atoms with Gasteiger partial charge in [-0.15, -0.1) is 0 Å². The molecule has 0 amide bonds. The van der Waals surface area contributed by atoms with Gasteiger partial charge in [0.1, 0.15) is 0 Å². The van der Waals surface area contributed by atoms with Crippen LogP contribution in [0.25, 0.3) is 0 Å². The number of rotatable bonds is 20. The highest BCUT2D eigenvalue weighted by Crippen LogP contribution is 2.45. The quantitative estimate of drug-likeness (QED) is 0.0859. The summed E-state index contributed by atoms with van der Waals surface area (Å²) in [5.41, 5.74) is 14.1. The van der Waals surface area contributed by atoms with Crippen LogP contribution in [0.3, 0.4) is 0 Å². The highest BCUT2D eigenvalue weighted by atomic mass is 28.4. The molecule has 446 valence electrons. The third kappa shape index (κ3) is 15.7. The molecule has 10 heteroatoms. The van der Waals surface area contributed by atoms with E-state index in [4.69, 9.17) is 18.2 Å². The van der Waals surface area contributed by atoms with Gasteiger partial charge in [0.25, 0.3) is 0 Å². The van der Waals surface area contributed by atoms with Crippen molar-refractivity contribution >= 4 is 41.8 Å².